The Morgan fingerprint density at radius 3 is 2.67 bits per heavy atom. The molecule has 0 unspecified atom stereocenters. The number of carbonyl (C=O) groups is 1. The number of aliphatic hydroxyl groups excluding tert-OH is 1. The smallest absolute Gasteiger partial charge is 0.335 e. The first kappa shape index (κ1) is 16.6. The van der Waals surface area contributed by atoms with Gasteiger partial charge in [-0.1, -0.05) is 11.2 Å². The number of azide groups is 1. The Hall–Kier alpha value is -2.44. The van der Waals surface area contributed by atoms with Gasteiger partial charge in [-0.3, -0.25) is 0 Å². The minimum atomic E-state index is -1.66. The van der Waals surface area contributed by atoms with Gasteiger partial charge in [-0.25, -0.2) is 4.79 Å². The van der Waals surface area contributed by atoms with Crippen molar-refractivity contribution in [1.82, 2.24) is 0 Å². The van der Waals surface area contributed by atoms with Crippen molar-refractivity contribution >= 4 is 5.97 Å². The Labute approximate surface area is 121 Å². The summed E-state index contributed by atoms with van der Waals surface area (Å²) in [5, 5.41) is 23.2. The first-order chi connectivity index (χ1) is 9.96. The van der Waals surface area contributed by atoms with E-state index in [9.17, 15) is 15.0 Å². The summed E-state index contributed by atoms with van der Waals surface area (Å²) in [6.45, 7) is 3.36. The lowest BCUT2D eigenvalue weighted by molar-refractivity contribution is -0.154. The van der Waals surface area contributed by atoms with E-state index in [4.69, 9.17) is 15.0 Å². The summed E-state index contributed by atoms with van der Waals surface area (Å²) in [6, 6.07) is 1.62. The molecule has 0 aromatic heterocycles. The van der Waals surface area contributed by atoms with Crippen molar-refractivity contribution in [2.45, 2.75) is 26.0 Å². The molecular weight excluding hydrogens is 278 g/mol. The third kappa shape index (κ3) is 3.77. The highest BCUT2D eigenvalue weighted by Gasteiger charge is 2.29. The fourth-order valence-corrected chi connectivity index (χ4v) is 1.94. The fourth-order valence-electron chi connectivity index (χ4n) is 1.94. The number of methoxy groups -OCH3 is 1. The number of nitrogens with zero attached hydrogens (tertiary/aromatic N) is 3. The van der Waals surface area contributed by atoms with Gasteiger partial charge in [-0.2, -0.15) is 0 Å². The van der Waals surface area contributed by atoms with Gasteiger partial charge in [0.05, 0.1) is 19.8 Å². The van der Waals surface area contributed by atoms with Crippen molar-refractivity contribution in [1.29, 1.82) is 0 Å². The van der Waals surface area contributed by atoms with Crippen LogP contribution in [0.15, 0.2) is 17.2 Å². The number of phenolic OH excluding ortho intramolecular Hbond substituents is 1. The van der Waals surface area contributed by atoms with Crippen molar-refractivity contribution in [2.24, 2.45) is 5.11 Å². The number of aliphatic hydroxyl groups is 1. The van der Waals surface area contributed by atoms with Crippen LogP contribution in [0.25, 0.3) is 10.4 Å². The minimum Gasteiger partial charge on any atom is -0.504 e. The highest BCUT2D eigenvalue weighted by molar-refractivity contribution is 5.75. The molecule has 1 rings (SSSR count). The molecule has 0 bridgehead atoms. The third-order valence-corrected chi connectivity index (χ3v) is 2.83. The second kappa shape index (κ2) is 7.37. The van der Waals surface area contributed by atoms with Gasteiger partial charge in [0.25, 0.3) is 0 Å². The van der Waals surface area contributed by atoms with Gasteiger partial charge in [0.1, 0.15) is 0 Å². The molecule has 0 spiro atoms. The number of carbonyl (C=O) groups excluding carboxylic acids is 1. The van der Waals surface area contributed by atoms with E-state index in [-0.39, 0.29) is 23.7 Å². The van der Waals surface area contributed by atoms with E-state index in [1.165, 1.54) is 13.2 Å². The number of phenols is 1. The standard InChI is InChI=1S/C13H17N3O5/c1-4-21-13(19)11(18)10(15-16-14)8-5-7(2)12(20-3)9(17)6-8/h5-6,10-11,17-18H,4H2,1-3H3/t10-,11-/m1/s1. The summed E-state index contributed by atoms with van der Waals surface area (Å²) in [6.07, 6.45) is -1.66. The largest absolute Gasteiger partial charge is 0.504 e. The summed E-state index contributed by atoms with van der Waals surface area (Å²) >= 11 is 0. The Morgan fingerprint density at radius 2 is 2.19 bits per heavy atom. The van der Waals surface area contributed by atoms with Crippen LogP contribution in [0.5, 0.6) is 11.5 Å². The molecule has 0 heterocycles. The molecule has 114 valence electrons. The van der Waals surface area contributed by atoms with Gasteiger partial charge in [-0.05, 0) is 36.6 Å². The molecule has 1 aromatic rings. The zero-order valence-corrected chi connectivity index (χ0v) is 12.0. The molecule has 2 N–H and O–H groups in total. The van der Waals surface area contributed by atoms with Crippen LogP contribution in [0.1, 0.15) is 24.1 Å². The second-order valence-electron chi connectivity index (χ2n) is 4.24. The summed E-state index contributed by atoms with van der Waals surface area (Å²) in [5.41, 5.74) is 9.46. The fraction of sp³-hybridized carbons (Fsp3) is 0.462. The van der Waals surface area contributed by atoms with Crippen LogP contribution in [0.3, 0.4) is 0 Å². The molecule has 8 nitrogen and oxygen atoms in total. The third-order valence-electron chi connectivity index (χ3n) is 2.83. The number of hydrogen-bond donors (Lipinski definition) is 2. The van der Waals surface area contributed by atoms with Gasteiger partial charge < -0.3 is 19.7 Å². The average molecular weight is 295 g/mol. The highest BCUT2D eigenvalue weighted by Crippen LogP contribution is 2.35. The van der Waals surface area contributed by atoms with Crippen LogP contribution in [-0.4, -0.2) is 36.0 Å². The predicted octanol–water partition coefficient (Wildman–Crippen LogP) is 1.98. The number of hydrogen-bond acceptors (Lipinski definition) is 6. The Morgan fingerprint density at radius 1 is 1.52 bits per heavy atom. The van der Waals surface area contributed by atoms with E-state index >= 15 is 0 Å². The number of rotatable bonds is 6. The van der Waals surface area contributed by atoms with Crippen molar-refractivity contribution in [3.63, 3.8) is 0 Å². The molecule has 8 heteroatoms. The van der Waals surface area contributed by atoms with Crippen LogP contribution in [0.4, 0.5) is 0 Å². The lowest BCUT2D eigenvalue weighted by Crippen LogP contribution is -2.29. The minimum absolute atomic E-state index is 0.0891. The quantitative estimate of drug-likeness (QED) is 0.359. The maximum Gasteiger partial charge on any atom is 0.335 e. The molecule has 0 aliphatic rings. The van der Waals surface area contributed by atoms with Gasteiger partial charge in [-0.15, -0.1) is 0 Å². The van der Waals surface area contributed by atoms with Crippen LogP contribution in [0.2, 0.25) is 0 Å². The molecule has 0 aliphatic heterocycles. The van der Waals surface area contributed by atoms with Gasteiger partial charge in [0.15, 0.2) is 17.6 Å². The van der Waals surface area contributed by atoms with E-state index < -0.39 is 18.1 Å². The van der Waals surface area contributed by atoms with E-state index in [1.807, 2.05) is 0 Å². The molecule has 0 aliphatic carbocycles. The molecule has 0 saturated heterocycles. The van der Waals surface area contributed by atoms with E-state index in [0.29, 0.717) is 5.56 Å². The summed E-state index contributed by atoms with van der Waals surface area (Å²) in [4.78, 5) is 14.2. The Balaban J connectivity index is 3.23. The van der Waals surface area contributed by atoms with Gasteiger partial charge >= 0.3 is 5.97 Å². The highest BCUT2D eigenvalue weighted by atomic mass is 16.5. The van der Waals surface area contributed by atoms with Crippen LogP contribution in [0, 0.1) is 6.92 Å². The van der Waals surface area contributed by atoms with E-state index in [2.05, 4.69) is 10.0 Å². The van der Waals surface area contributed by atoms with Gasteiger partial charge in [0.2, 0.25) is 0 Å². The zero-order chi connectivity index (χ0) is 16.0. The summed E-state index contributed by atoms with van der Waals surface area (Å²) in [7, 11) is 1.40. The Kier molecular flexibility index (Phi) is 5.83. The molecular formula is C13H17N3O5. The van der Waals surface area contributed by atoms with Crippen LogP contribution in [-0.2, 0) is 9.53 Å². The Bertz CT molecular complexity index is 546. The number of esters is 1. The molecule has 21 heavy (non-hydrogen) atoms. The first-order valence-corrected chi connectivity index (χ1v) is 6.22. The van der Waals surface area contributed by atoms with Gasteiger partial charge in [0, 0.05) is 4.91 Å². The average Bonchev–Trinajstić information content (AvgIpc) is 2.44. The molecule has 0 fully saturated rings. The van der Waals surface area contributed by atoms with Crippen LogP contribution < -0.4 is 4.74 Å². The maximum absolute atomic E-state index is 11.6. The molecule has 2 atom stereocenters. The molecule has 0 saturated carbocycles. The number of ether oxygens (including phenoxy) is 2. The summed E-state index contributed by atoms with van der Waals surface area (Å²) < 4.78 is 9.71. The molecule has 0 radical (unpaired) electrons. The predicted molar refractivity (Wildman–Crippen MR) is 73.9 cm³/mol. The number of aryl methyl sites for hydroxylation is 1. The SMILES string of the molecule is CCOC(=O)[C@H](O)[C@H](N=[N+]=[N-])c1cc(C)c(OC)c(O)c1. The van der Waals surface area contributed by atoms with Crippen molar-refractivity contribution in [2.75, 3.05) is 13.7 Å². The lowest BCUT2D eigenvalue weighted by Gasteiger charge is -2.19. The molecule has 1 aromatic carbocycles. The lowest BCUT2D eigenvalue weighted by atomic mass is 9.99. The second-order valence-corrected chi connectivity index (χ2v) is 4.24. The normalized spacial score (nSPS) is 13.0. The van der Waals surface area contributed by atoms with E-state index in [0.717, 1.165) is 0 Å². The van der Waals surface area contributed by atoms with Crippen LogP contribution >= 0.6 is 0 Å². The van der Waals surface area contributed by atoms with Crippen molar-refractivity contribution in [3.8, 4) is 11.5 Å². The maximum atomic E-state index is 11.6. The van der Waals surface area contributed by atoms with Crippen molar-refractivity contribution < 1.29 is 24.5 Å². The number of benzene rings is 1. The number of aromatic hydroxyl groups is 1. The summed E-state index contributed by atoms with van der Waals surface area (Å²) in [5.74, 6) is -0.811. The monoisotopic (exact) mass is 295 g/mol. The first-order valence-electron chi connectivity index (χ1n) is 6.22. The zero-order valence-electron chi connectivity index (χ0n) is 12.0. The van der Waals surface area contributed by atoms with E-state index in [1.54, 1.807) is 19.9 Å². The topological polar surface area (TPSA) is 125 Å². The van der Waals surface area contributed by atoms with Crippen molar-refractivity contribution in [3.05, 3.63) is 33.7 Å². The molecule has 0 amide bonds.